The van der Waals surface area contributed by atoms with Crippen LogP contribution < -0.4 is 0 Å². The van der Waals surface area contributed by atoms with Crippen LogP contribution in [0, 0.1) is 0 Å². The Kier molecular flexibility index (Phi) is 4.77. The first-order chi connectivity index (χ1) is 7.87. The molecule has 0 fully saturated rings. The van der Waals surface area contributed by atoms with E-state index in [4.69, 9.17) is 27.9 Å². The molecule has 5 nitrogen and oxygen atoms in total. The fourth-order valence-electron chi connectivity index (χ4n) is 1.24. The van der Waals surface area contributed by atoms with E-state index in [0.717, 1.165) is 0 Å². The Balaban J connectivity index is 2.75. The molecule has 0 saturated carbocycles. The van der Waals surface area contributed by atoms with Gasteiger partial charge in [-0.3, -0.25) is 4.79 Å². The van der Waals surface area contributed by atoms with E-state index in [1.165, 1.54) is 4.68 Å². The third kappa shape index (κ3) is 4.16. The number of hydrogen-bond acceptors (Lipinski definition) is 4. The monoisotopic (exact) mass is 279 g/mol. The van der Waals surface area contributed by atoms with Crippen molar-refractivity contribution >= 4 is 29.2 Å². The van der Waals surface area contributed by atoms with Crippen LogP contribution in [0.15, 0.2) is 0 Å². The zero-order valence-corrected chi connectivity index (χ0v) is 11.5. The van der Waals surface area contributed by atoms with E-state index in [1.807, 2.05) is 0 Å². The Morgan fingerprint density at radius 3 is 2.47 bits per heavy atom. The number of ether oxygens (including phenoxy) is 1. The number of halogens is 2. The second kappa shape index (κ2) is 5.69. The SMILES string of the molecule is CC(C)(C)OC(=O)Cn1nnc(CCl)c1CCl. The van der Waals surface area contributed by atoms with Gasteiger partial charge in [0.05, 0.1) is 17.5 Å². The molecule has 0 unspecified atom stereocenters. The zero-order valence-electron chi connectivity index (χ0n) is 10.0. The molecule has 0 atom stereocenters. The van der Waals surface area contributed by atoms with Crippen molar-refractivity contribution in [1.29, 1.82) is 0 Å². The molecular formula is C10H15Cl2N3O2. The van der Waals surface area contributed by atoms with Crippen LogP contribution in [0.4, 0.5) is 0 Å². The fraction of sp³-hybridized carbons (Fsp3) is 0.700. The van der Waals surface area contributed by atoms with Gasteiger partial charge in [-0.2, -0.15) is 0 Å². The van der Waals surface area contributed by atoms with Gasteiger partial charge in [-0.05, 0) is 20.8 Å². The van der Waals surface area contributed by atoms with Crippen LogP contribution in [0.5, 0.6) is 0 Å². The van der Waals surface area contributed by atoms with E-state index >= 15 is 0 Å². The Morgan fingerprint density at radius 1 is 1.35 bits per heavy atom. The highest BCUT2D eigenvalue weighted by Gasteiger charge is 2.19. The van der Waals surface area contributed by atoms with Crippen molar-refractivity contribution in [2.24, 2.45) is 0 Å². The summed E-state index contributed by atoms with van der Waals surface area (Å²) in [6.45, 7) is 5.40. The average Bonchev–Trinajstić information content (AvgIpc) is 2.56. The molecule has 96 valence electrons. The summed E-state index contributed by atoms with van der Waals surface area (Å²) in [4.78, 5) is 11.6. The predicted molar refractivity (Wildman–Crippen MR) is 65.0 cm³/mol. The number of esters is 1. The normalized spacial score (nSPS) is 11.6. The highest BCUT2D eigenvalue weighted by Crippen LogP contribution is 2.13. The molecule has 0 aromatic carbocycles. The summed E-state index contributed by atoms with van der Waals surface area (Å²) >= 11 is 11.4. The molecule has 0 radical (unpaired) electrons. The maximum Gasteiger partial charge on any atom is 0.328 e. The predicted octanol–water partition coefficient (Wildman–Crippen LogP) is 2.10. The Bertz CT molecular complexity index is 399. The van der Waals surface area contributed by atoms with Gasteiger partial charge in [0.25, 0.3) is 0 Å². The van der Waals surface area contributed by atoms with Crippen molar-refractivity contribution in [2.75, 3.05) is 0 Å². The number of nitrogens with zero attached hydrogens (tertiary/aromatic N) is 3. The topological polar surface area (TPSA) is 57.0 Å². The number of alkyl halides is 2. The second-order valence-corrected chi connectivity index (χ2v) is 5.03. The lowest BCUT2D eigenvalue weighted by Crippen LogP contribution is -2.27. The summed E-state index contributed by atoms with van der Waals surface area (Å²) < 4.78 is 6.60. The molecule has 0 N–H and O–H groups in total. The number of rotatable bonds is 4. The van der Waals surface area contributed by atoms with Gasteiger partial charge in [0.2, 0.25) is 0 Å². The van der Waals surface area contributed by atoms with Gasteiger partial charge in [-0.25, -0.2) is 4.68 Å². The number of hydrogen-bond donors (Lipinski definition) is 0. The Morgan fingerprint density at radius 2 is 2.00 bits per heavy atom. The minimum absolute atomic E-state index is 0.0107. The van der Waals surface area contributed by atoms with E-state index in [-0.39, 0.29) is 24.3 Å². The van der Waals surface area contributed by atoms with Gasteiger partial charge in [-0.1, -0.05) is 5.21 Å². The summed E-state index contributed by atoms with van der Waals surface area (Å²) in [6.07, 6.45) is 0. The van der Waals surface area contributed by atoms with E-state index in [1.54, 1.807) is 20.8 Å². The summed E-state index contributed by atoms with van der Waals surface area (Å²) in [5, 5.41) is 7.67. The summed E-state index contributed by atoms with van der Waals surface area (Å²) in [6, 6.07) is 0. The molecule has 0 aliphatic rings. The van der Waals surface area contributed by atoms with Gasteiger partial charge in [0, 0.05) is 0 Å². The van der Waals surface area contributed by atoms with E-state index < -0.39 is 5.60 Å². The van der Waals surface area contributed by atoms with Crippen molar-refractivity contribution in [3.8, 4) is 0 Å². The van der Waals surface area contributed by atoms with Crippen molar-refractivity contribution in [3.05, 3.63) is 11.4 Å². The third-order valence-electron chi connectivity index (χ3n) is 1.87. The molecule has 7 heteroatoms. The fourth-order valence-corrected chi connectivity index (χ4v) is 1.74. The van der Waals surface area contributed by atoms with Crippen molar-refractivity contribution < 1.29 is 9.53 Å². The van der Waals surface area contributed by atoms with Crippen LogP contribution in [0.3, 0.4) is 0 Å². The average molecular weight is 280 g/mol. The van der Waals surface area contributed by atoms with Crippen LogP contribution >= 0.6 is 23.2 Å². The Hall–Kier alpha value is -0.810. The molecule has 0 amide bonds. The molecule has 0 bridgehead atoms. The maximum atomic E-state index is 11.6. The molecule has 0 spiro atoms. The van der Waals surface area contributed by atoms with Gasteiger partial charge < -0.3 is 4.74 Å². The van der Waals surface area contributed by atoms with Crippen molar-refractivity contribution in [3.63, 3.8) is 0 Å². The van der Waals surface area contributed by atoms with Gasteiger partial charge in [0.15, 0.2) is 0 Å². The first-order valence-electron chi connectivity index (χ1n) is 5.12. The summed E-state index contributed by atoms with van der Waals surface area (Å²) in [5.74, 6) is 0.0451. The standard InChI is InChI=1S/C10H15Cl2N3O2/c1-10(2,3)17-9(16)6-15-8(5-12)7(4-11)13-14-15/h4-6H2,1-3H3. The van der Waals surface area contributed by atoms with E-state index in [9.17, 15) is 4.79 Å². The highest BCUT2D eigenvalue weighted by atomic mass is 35.5. The highest BCUT2D eigenvalue weighted by molar-refractivity contribution is 6.18. The van der Waals surface area contributed by atoms with Crippen LogP contribution in [0.25, 0.3) is 0 Å². The summed E-state index contributed by atoms with van der Waals surface area (Å²) in [5.41, 5.74) is 0.714. The zero-order chi connectivity index (χ0) is 13.1. The molecule has 1 rings (SSSR count). The molecule has 17 heavy (non-hydrogen) atoms. The third-order valence-corrected chi connectivity index (χ3v) is 2.38. The first kappa shape index (κ1) is 14.3. The second-order valence-electron chi connectivity index (χ2n) is 4.49. The molecule has 0 aliphatic carbocycles. The quantitative estimate of drug-likeness (QED) is 0.626. The molecular weight excluding hydrogens is 265 g/mol. The van der Waals surface area contributed by atoms with Crippen LogP contribution in [0.2, 0.25) is 0 Å². The lowest BCUT2D eigenvalue weighted by Gasteiger charge is -2.19. The molecule has 0 aliphatic heterocycles. The van der Waals surface area contributed by atoms with E-state index in [2.05, 4.69) is 10.3 Å². The Labute approximate surface area is 110 Å². The largest absolute Gasteiger partial charge is 0.459 e. The minimum atomic E-state index is -0.520. The maximum absolute atomic E-state index is 11.6. The molecule has 1 aromatic heterocycles. The van der Waals surface area contributed by atoms with Crippen LogP contribution in [-0.2, 0) is 27.8 Å². The lowest BCUT2D eigenvalue weighted by molar-refractivity contribution is -0.155. The summed E-state index contributed by atoms with van der Waals surface area (Å²) in [7, 11) is 0. The lowest BCUT2D eigenvalue weighted by atomic mass is 10.2. The molecule has 0 saturated heterocycles. The van der Waals surface area contributed by atoms with Crippen molar-refractivity contribution in [1.82, 2.24) is 15.0 Å². The van der Waals surface area contributed by atoms with Crippen LogP contribution in [0.1, 0.15) is 32.2 Å². The van der Waals surface area contributed by atoms with Gasteiger partial charge in [-0.15, -0.1) is 28.3 Å². The minimum Gasteiger partial charge on any atom is -0.459 e. The molecule has 1 heterocycles. The van der Waals surface area contributed by atoms with Crippen molar-refractivity contribution in [2.45, 2.75) is 44.7 Å². The smallest absolute Gasteiger partial charge is 0.328 e. The van der Waals surface area contributed by atoms with Gasteiger partial charge in [0.1, 0.15) is 17.8 Å². The number of carbonyl (C=O) groups is 1. The first-order valence-corrected chi connectivity index (χ1v) is 6.19. The molecule has 1 aromatic rings. The number of aromatic nitrogens is 3. The van der Waals surface area contributed by atoms with Gasteiger partial charge >= 0.3 is 5.97 Å². The number of carbonyl (C=O) groups excluding carboxylic acids is 1. The van der Waals surface area contributed by atoms with E-state index in [0.29, 0.717) is 11.4 Å². The van der Waals surface area contributed by atoms with Crippen LogP contribution in [-0.4, -0.2) is 26.6 Å².